The molecule has 130 valence electrons. The van der Waals surface area contributed by atoms with Crippen LogP contribution in [-0.2, 0) is 11.3 Å². The third-order valence-corrected chi connectivity index (χ3v) is 4.42. The molecule has 0 aliphatic rings. The summed E-state index contributed by atoms with van der Waals surface area (Å²) in [6, 6.07) is 17.3. The Morgan fingerprint density at radius 1 is 1.12 bits per heavy atom. The summed E-state index contributed by atoms with van der Waals surface area (Å²) in [5.41, 5.74) is 3.50. The Labute approximate surface area is 150 Å². The summed E-state index contributed by atoms with van der Waals surface area (Å²) in [6.45, 7) is 6.90. The summed E-state index contributed by atoms with van der Waals surface area (Å²) < 4.78 is 0. The molecule has 0 unspecified atom stereocenters. The van der Waals surface area contributed by atoms with Gasteiger partial charge in [-0.2, -0.15) is 5.26 Å². The highest BCUT2D eigenvalue weighted by Crippen LogP contribution is 2.17. The first-order valence-electron chi connectivity index (χ1n) is 8.51. The Morgan fingerprint density at radius 2 is 1.76 bits per heavy atom. The van der Waals surface area contributed by atoms with Gasteiger partial charge in [-0.3, -0.25) is 9.69 Å². The predicted octanol–water partition coefficient (Wildman–Crippen LogP) is 4.14. The van der Waals surface area contributed by atoms with Crippen LogP contribution in [0.3, 0.4) is 0 Å². The predicted molar refractivity (Wildman–Crippen MR) is 101 cm³/mol. The van der Waals surface area contributed by atoms with Crippen molar-refractivity contribution >= 4 is 11.6 Å². The smallest absolute Gasteiger partial charge is 0.241 e. The number of anilines is 1. The topological polar surface area (TPSA) is 56.1 Å². The van der Waals surface area contributed by atoms with E-state index in [1.54, 1.807) is 24.3 Å². The van der Waals surface area contributed by atoms with E-state index in [4.69, 9.17) is 5.26 Å². The maximum atomic E-state index is 12.5. The highest BCUT2D eigenvalue weighted by atomic mass is 16.2. The molecule has 0 bridgehead atoms. The molecule has 0 aromatic heterocycles. The first-order chi connectivity index (χ1) is 11.9. The van der Waals surface area contributed by atoms with Gasteiger partial charge in [0.1, 0.15) is 6.07 Å². The van der Waals surface area contributed by atoms with E-state index in [0.29, 0.717) is 23.7 Å². The number of para-hydroxylation sites is 1. The van der Waals surface area contributed by atoms with Crippen LogP contribution in [0, 0.1) is 11.3 Å². The van der Waals surface area contributed by atoms with E-state index in [1.807, 2.05) is 18.9 Å². The molecule has 0 radical (unpaired) electrons. The average molecular weight is 335 g/mol. The lowest BCUT2D eigenvalue weighted by molar-refractivity contribution is -0.120. The van der Waals surface area contributed by atoms with Gasteiger partial charge >= 0.3 is 0 Å². The second-order valence-electron chi connectivity index (χ2n) is 6.63. The van der Waals surface area contributed by atoms with Gasteiger partial charge in [0.2, 0.25) is 5.91 Å². The molecule has 0 fully saturated rings. The standard InChI is InChI=1S/C21H25N3O/c1-15(2)18-11-9-17(10-12-18)14-24(4)16(3)21(25)23-20-8-6-5-7-19(20)13-22/h5-12,15-16H,14H2,1-4H3,(H,23,25)/t16-/m1/s1. The molecule has 2 rings (SSSR count). The minimum absolute atomic E-state index is 0.121. The fourth-order valence-electron chi connectivity index (χ4n) is 2.56. The molecule has 0 aliphatic heterocycles. The number of amides is 1. The van der Waals surface area contributed by atoms with E-state index in [9.17, 15) is 4.79 Å². The molecule has 0 saturated heterocycles. The molecule has 25 heavy (non-hydrogen) atoms. The minimum atomic E-state index is -0.309. The number of hydrogen-bond acceptors (Lipinski definition) is 3. The number of carbonyl (C=O) groups excluding carboxylic acids is 1. The third-order valence-electron chi connectivity index (χ3n) is 4.42. The van der Waals surface area contributed by atoms with Crippen LogP contribution in [0.5, 0.6) is 0 Å². The summed E-state index contributed by atoms with van der Waals surface area (Å²) in [5.74, 6) is 0.390. The highest BCUT2D eigenvalue weighted by Gasteiger charge is 2.19. The van der Waals surface area contributed by atoms with E-state index in [1.165, 1.54) is 11.1 Å². The lowest BCUT2D eigenvalue weighted by Crippen LogP contribution is -2.39. The average Bonchev–Trinajstić information content (AvgIpc) is 2.61. The van der Waals surface area contributed by atoms with E-state index in [-0.39, 0.29) is 11.9 Å². The van der Waals surface area contributed by atoms with Gasteiger partial charge in [-0.05, 0) is 43.1 Å². The molecule has 1 N–H and O–H groups in total. The van der Waals surface area contributed by atoms with E-state index < -0.39 is 0 Å². The molecule has 1 amide bonds. The van der Waals surface area contributed by atoms with Crippen molar-refractivity contribution in [3.05, 3.63) is 65.2 Å². The number of carbonyl (C=O) groups is 1. The molecule has 2 aromatic rings. The maximum Gasteiger partial charge on any atom is 0.241 e. The highest BCUT2D eigenvalue weighted by molar-refractivity contribution is 5.95. The molecule has 0 heterocycles. The monoisotopic (exact) mass is 335 g/mol. The van der Waals surface area contributed by atoms with Crippen LogP contribution in [0.4, 0.5) is 5.69 Å². The van der Waals surface area contributed by atoms with Crippen LogP contribution < -0.4 is 5.32 Å². The van der Waals surface area contributed by atoms with Gasteiger partial charge in [-0.25, -0.2) is 0 Å². The summed E-state index contributed by atoms with van der Waals surface area (Å²) >= 11 is 0. The summed E-state index contributed by atoms with van der Waals surface area (Å²) in [4.78, 5) is 14.5. The molecule has 2 aromatic carbocycles. The van der Waals surface area contributed by atoms with E-state index in [0.717, 1.165) is 0 Å². The summed E-state index contributed by atoms with van der Waals surface area (Å²) in [7, 11) is 1.93. The number of likely N-dealkylation sites (N-methyl/N-ethyl adjacent to an activating group) is 1. The Kier molecular flexibility index (Phi) is 6.32. The summed E-state index contributed by atoms with van der Waals surface area (Å²) in [6.07, 6.45) is 0. The molecule has 0 saturated carbocycles. The molecular formula is C21H25N3O. The Bertz CT molecular complexity index is 759. The third kappa shape index (κ3) is 4.91. The lowest BCUT2D eigenvalue weighted by atomic mass is 10.0. The van der Waals surface area contributed by atoms with Crippen LogP contribution in [0.1, 0.15) is 43.4 Å². The van der Waals surface area contributed by atoms with Crippen molar-refractivity contribution in [1.29, 1.82) is 5.26 Å². The number of rotatable bonds is 6. The molecule has 0 aliphatic carbocycles. The number of nitrogens with one attached hydrogen (secondary N) is 1. The van der Waals surface area contributed by atoms with Gasteiger partial charge in [0.15, 0.2) is 0 Å². The quantitative estimate of drug-likeness (QED) is 0.863. The normalized spacial score (nSPS) is 12.0. The molecule has 0 spiro atoms. The van der Waals surface area contributed by atoms with Crippen molar-refractivity contribution in [2.24, 2.45) is 0 Å². The van der Waals surface area contributed by atoms with Crippen LogP contribution in [-0.4, -0.2) is 23.9 Å². The van der Waals surface area contributed by atoms with Crippen molar-refractivity contribution in [3.8, 4) is 6.07 Å². The maximum absolute atomic E-state index is 12.5. The second kappa shape index (κ2) is 8.46. The van der Waals surface area contributed by atoms with Crippen LogP contribution in [0.2, 0.25) is 0 Å². The Morgan fingerprint density at radius 3 is 2.36 bits per heavy atom. The van der Waals surface area contributed by atoms with Crippen molar-refractivity contribution in [3.63, 3.8) is 0 Å². The number of hydrogen-bond donors (Lipinski definition) is 1. The molecular weight excluding hydrogens is 310 g/mol. The first kappa shape index (κ1) is 18.7. The second-order valence-corrected chi connectivity index (χ2v) is 6.63. The van der Waals surface area contributed by atoms with Gasteiger partial charge in [0.05, 0.1) is 17.3 Å². The Hall–Kier alpha value is -2.64. The fourth-order valence-corrected chi connectivity index (χ4v) is 2.56. The van der Waals surface area contributed by atoms with Gasteiger partial charge < -0.3 is 5.32 Å². The van der Waals surface area contributed by atoms with E-state index >= 15 is 0 Å². The van der Waals surface area contributed by atoms with Crippen LogP contribution >= 0.6 is 0 Å². The zero-order valence-corrected chi connectivity index (χ0v) is 15.3. The zero-order chi connectivity index (χ0) is 18.4. The largest absolute Gasteiger partial charge is 0.324 e. The van der Waals surface area contributed by atoms with Gasteiger partial charge in [-0.1, -0.05) is 50.2 Å². The number of nitrogens with zero attached hydrogens (tertiary/aromatic N) is 2. The van der Waals surface area contributed by atoms with Gasteiger partial charge in [0.25, 0.3) is 0 Å². The Balaban J connectivity index is 2.00. The fraction of sp³-hybridized carbons (Fsp3) is 0.333. The van der Waals surface area contributed by atoms with Crippen LogP contribution in [0.15, 0.2) is 48.5 Å². The van der Waals surface area contributed by atoms with Gasteiger partial charge in [0, 0.05) is 6.54 Å². The molecule has 4 nitrogen and oxygen atoms in total. The van der Waals surface area contributed by atoms with Crippen molar-refractivity contribution in [1.82, 2.24) is 4.90 Å². The zero-order valence-electron chi connectivity index (χ0n) is 15.3. The lowest BCUT2D eigenvalue weighted by Gasteiger charge is -2.24. The van der Waals surface area contributed by atoms with E-state index in [2.05, 4.69) is 49.5 Å². The van der Waals surface area contributed by atoms with Crippen molar-refractivity contribution in [2.75, 3.05) is 12.4 Å². The number of benzene rings is 2. The molecule has 4 heteroatoms. The number of nitriles is 1. The SMILES string of the molecule is CC(C)c1ccc(CN(C)[C@H](C)C(=O)Nc2ccccc2C#N)cc1. The van der Waals surface area contributed by atoms with Crippen LogP contribution in [0.25, 0.3) is 0 Å². The molecule has 1 atom stereocenters. The van der Waals surface area contributed by atoms with Crippen molar-refractivity contribution in [2.45, 2.75) is 39.3 Å². The van der Waals surface area contributed by atoms with Gasteiger partial charge in [-0.15, -0.1) is 0 Å². The minimum Gasteiger partial charge on any atom is -0.324 e. The summed E-state index contributed by atoms with van der Waals surface area (Å²) in [5, 5.41) is 12.0. The van der Waals surface area contributed by atoms with Crippen molar-refractivity contribution < 1.29 is 4.79 Å². The first-order valence-corrected chi connectivity index (χ1v) is 8.51.